The highest BCUT2D eigenvalue weighted by Gasteiger charge is 2.13. The van der Waals surface area contributed by atoms with Crippen molar-refractivity contribution in [1.29, 1.82) is 0 Å². The van der Waals surface area contributed by atoms with Crippen molar-refractivity contribution < 1.29 is 19.9 Å². The van der Waals surface area contributed by atoms with E-state index in [4.69, 9.17) is 10.7 Å². The normalized spacial score (nSPS) is 14.5. The topological polar surface area (TPSA) is 88.0 Å². The molecule has 3 N–H and O–H groups in total. The number of para-hydroxylation sites is 1. The summed E-state index contributed by atoms with van der Waals surface area (Å²) in [5.41, 5.74) is 1.12. The van der Waals surface area contributed by atoms with Gasteiger partial charge >= 0.3 is 0 Å². The van der Waals surface area contributed by atoms with Crippen LogP contribution in [0, 0.1) is 10.4 Å². The molecule has 2 unspecified atom stereocenters. The van der Waals surface area contributed by atoms with E-state index in [2.05, 4.69) is 0 Å². The Hall–Kier alpha value is -2.00. The molecule has 0 saturated carbocycles. The minimum atomic E-state index is -0.697. The average Bonchev–Trinajstić information content (AvgIpc) is 2.47. The van der Waals surface area contributed by atoms with Crippen LogP contribution in [0.15, 0.2) is 54.6 Å². The second-order valence-electron chi connectivity index (χ2n) is 5.04. The van der Waals surface area contributed by atoms with Crippen LogP contribution in [-0.4, -0.2) is 18.8 Å². The molecule has 0 saturated heterocycles. The van der Waals surface area contributed by atoms with Crippen LogP contribution < -0.4 is 15.2 Å². The van der Waals surface area contributed by atoms with Gasteiger partial charge in [0.25, 0.3) is 0 Å². The molecule has 0 spiro atoms. The molecule has 0 aliphatic heterocycles. The van der Waals surface area contributed by atoms with E-state index in [-0.39, 0.29) is 5.06 Å². The third-order valence-corrected chi connectivity index (χ3v) is 2.81. The van der Waals surface area contributed by atoms with Crippen LogP contribution in [0.2, 0.25) is 0 Å². The number of hydrogen-bond acceptors (Lipinski definition) is 3. The second kappa shape index (κ2) is 6.19. The van der Waals surface area contributed by atoms with Crippen molar-refractivity contribution in [2.45, 2.75) is 0 Å². The Morgan fingerprint density at radius 3 is 1.95 bits per heavy atom. The molecular formula is C14H18N4O3. The van der Waals surface area contributed by atoms with Crippen molar-refractivity contribution in [3.8, 4) is 5.75 Å². The maximum Gasteiger partial charge on any atom is 0.198 e. The number of nitrogens with one attached hydrogen (secondary N) is 3. The van der Waals surface area contributed by atoms with Gasteiger partial charge in [-0.25, -0.2) is 4.70 Å². The number of benzene rings is 2. The van der Waals surface area contributed by atoms with E-state index in [0.717, 1.165) is 0 Å². The van der Waals surface area contributed by atoms with Gasteiger partial charge in [-0.3, -0.25) is 4.84 Å². The Labute approximate surface area is 123 Å². The molecule has 0 aliphatic carbocycles. The lowest BCUT2D eigenvalue weighted by Gasteiger charge is -2.38. The zero-order valence-electron chi connectivity index (χ0n) is 11.9. The smallest absolute Gasteiger partial charge is 0.198 e. The minimum Gasteiger partial charge on any atom is -0.623 e. The summed E-state index contributed by atoms with van der Waals surface area (Å²) in [7, 11) is 2.80. The van der Waals surface area contributed by atoms with Crippen molar-refractivity contribution in [2.24, 2.45) is 0 Å². The molecule has 2 rings (SSSR count). The Morgan fingerprint density at radius 2 is 1.43 bits per heavy atom. The fourth-order valence-corrected chi connectivity index (χ4v) is 1.65. The standard InChI is InChI=1S/C14H18N4O3/c1-18(2,15)17(20)21-14-10-8-13(9-11-14)16(19)12-6-4-3-5-7-12/h3-11,15-17H,1-2H3. The lowest BCUT2D eigenvalue weighted by molar-refractivity contribution is -1.51. The SMILES string of the molecule is C[N+](C)([NH-])[NH+]([O-])Oc1ccc([NH+]([O-])c2ccccc2)cc1. The van der Waals surface area contributed by atoms with Gasteiger partial charge in [-0.1, -0.05) is 18.2 Å². The maximum atomic E-state index is 12.2. The summed E-state index contributed by atoms with van der Waals surface area (Å²) in [5.74, 6) is 7.83. The van der Waals surface area contributed by atoms with E-state index in [9.17, 15) is 10.4 Å². The summed E-state index contributed by atoms with van der Waals surface area (Å²) in [5, 5.41) is 23.0. The molecule has 7 heteroatoms. The van der Waals surface area contributed by atoms with Gasteiger partial charge < -0.3 is 21.3 Å². The molecule has 0 fully saturated rings. The molecule has 112 valence electrons. The minimum absolute atomic E-state index is 0.0925. The molecule has 0 aliphatic rings. The van der Waals surface area contributed by atoms with Crippen molar-refractivity contribution in [3.63, 3.8) is 0 Å². The summed E-state index contributed by atoms with van der Waals surface area (Å²) >= 11 is 0. The van der Waals surface area contributed by atoms with Crippen LogP contribution in [0.4, 0.5) is 11.4 Å². The van der Waals surface area contributed by atoms with Crippen LogP contribution in [0.25, 0.3) is 5.84 Å². The quantitative estimate of drug-likeness (QED) is 0.626. The number of nitrogens with zero attached hydrogens (tertiary/aromatic N) is 1. The molecule has 2 aromatic rings. The first kappa shape index (κ1) is 15.4. The van der Waals surface area contributed by atoms with Crippen LogP contribution in [0.5, 0.6) is 5.75 Å². The van der Waals surface area contributed by atoms with Gasteiger partial charge in [0.1, 0.15) is 25.5 Å². The van der Waals surface area contributed by atoms with Gasteiger partial charge in [0.05, 0.1) is 0 Å². The Kier molecular flexibility index (Phi) is 4.53. The summed E-state index contributed by atoms with van der Waals surface area (Å²) in [6.07, 6.45) is 0. The largest absolute Gasteiger partial charge is 0.623 e. The molecule has 2 atom stereocenters. The van der Waals surface area contributed by atoms with E-state index >= 15 is 0 Å². The predicted molar refractivity (Wildman–Crippen MR) is 77.9 cm³/mol. The summed E-state index contributed by atoms with van der Waals surface area (Å²) in [6, 6.07) is 15.2. The Morgan fingerprint density at radius 1 is 0.905 bits per heavy atom. The third-order valence-electron chi connectivity index (χ3n) is 2.81. The number of quaternary nitrogens is 3. The number of rotatable bonds is 5. The molecule has 7 nitrogen and oxygen atoms in total. The van der Waals surface area contributed by atoms with Crippen molar-refractivity contribution in [3.05, 3.63) is 70.9 Å². The summed E-state index contributed by atoms with van der Waals surface area (Å²) in [4.78, 5) is 5.05. The lowest BCUT2D eigenvalue weighted by Crippen LogP contribution is -3.19. The van der Waals surface area contributed by atoms with E-state index in [1.54, 1.807) is 48.5 Å². The van der Waals surface area contributed by atoms with Gasteiger partial charge in [-0.15, -0.1) is 0 Å². The highest BCUT2D eigenvalue weighted by atomic mass is 16.9. The summed E-state index contributed by atoms with van der Waals surface area (Å²) in [6.45, 7) is 0. The molecule has 2 aromatic carbocycles. The monoisotopic (exact) mass is 290 g/mol. The van der Waals surface area contributed by atoms with E-state index in [1.165, 1.54) is 14.1 Å². The molecule has 0 bridgehead atoms. The predicted octanol–water partition coefficient (Wildman–Crippen LogP) is 0.668. The second-order valence-corrected chi connectivity index (χ2v) is 5.04. The van der Waals surface area contributed by atoms with Crippen molar-refractivity contribution in [2.75, 3.05) is 14.1 Å². The van der Waals surface area contributed by atoms with Gasteiger partial charge in [0.15, 0.2) is 5.75 Å². The highest BCUT2D eigenvalue weighted by molar-refractivity contribution is 5.40. The fourth-order valence-electron chi connectivity index (χ4n) is 1.65. The molecule has 0 heterocycles. The maximum absolute atomic E-state index is 12.2. The van der Waals surface area contributed by atoms with Crippen LogP contribution in [0.3, 0.4) is 0 Å². The fraction of sp³-hybridized carbons (Fsp3) is 0.143. The zero-order chi connectivity index (χ0) is 15.5. The zero-order valence-corrected chi connectivity index (χ0v) is 11.9. The highest BCUT2D eigenvalue weighted by Crippen LogP contribution is 2.13. The lowest BCUT2D eigenvalue weighted by atomic mass is 10.2. The van der Waals surface area contributed by atoms with Crippen molar-refractivity contribution >= 4 is 11.4 Å². The van der Waals surface area contributed by atoms with Gasteiger partial charge in [0, 0.05) is 12.1 Å². The molecule has 0 aromatic heterocycles. The molecule has 21 heavy (non-hydrogen) atoms. The van der Waals surface area contributed by atoms with Gasteiger partial charge in [-0.2, -0.15) is 0 Å². The molecular weight excluding hydrogens is 272 g/mol. The van der Waals surface area contributed by atoms with E-state index in [1.807, 2.05) is 6.07 Å². The molecule has 0 amide bonds. The first-order valence-corrected chi connectivity index (χ1v) is 6.39. The first-order valence-electron chi connectivity index (χ1n) is 6.39. The van der Waals surface area contributed by atoms with E-state index < -0.39 is 10.0 Å². The Bertz CT molecular complexity index is 569. The van der Waals surface area contributed by atoms with Gasteiger partial charge in [0.2, 0.25) is 0 Å². The van der Waals surface area contributed by atoms with Gasteiger partial charge in [-0.05, 0) is 29.6 Å². The third kappa shape index (κ3) is 3.99. The van der Waals surface area contributed by atoms with Crippen LogP contribution in [-0.2, 0) is 0 Å². The Balaban J connectivity index is 2.09. The summed E-state index contributed by atoms with van der Waals surface area (Å²) < 4.78 is -0.676. The van der Waals surface area contributed by atoms with Crippen LogP contribution >= 0.6 is 0 Å². The molecule has 0 radical (unpaired) electrons. The van der Waals surface area contributed by atoms with E-state index in [0.29, 0.717) is 17.1 Å². The van der Waals surface area contributed by atoms with Crippen LogP contribution in [0.1, 0.15) is 0 Å². The van der Waals surface area contributed by atoms with Crippen molar-refractivity contribution in [1.82, 2.24) is 0 Å². The number of hydrogen-bond donors (Lipinski definition) is 2. The average molecular weight is 290 g/mol. The first-order chi connectivity index (χ1) is 9.88.